The molecule has 7 heteroatoms. The van der Waals surface area contributed by atoms with Crippen LogP contribution in [0.25, 0.3) is 0 Å². The standard InChI is InChI=1S/C10H10FNO5/c11-7-2-1-6(9(14)15)5-8(7)12-10(16)17-4-3-13/h1-2,5,13H,3-4H2,(H,12,16)(H,14,15). The van der Waals surface area contributed by atoms with Gasteiger partial charge in [-0.1, -0.05) is 0 Å². The van der Waals surface area contributed by atoms with Crippen molar-refractivity contribution < 1.29 is 28.9 Å². The number of carbonyl (C=O) groups excluding carboxylic acids is 1. The molecule has 0 aliphatic carbocycles. The summed E-state index contributed by atoms with van der Waals surface area (Å²) in [5, 5.41) is 19.1. The van der Waals surface area contributed by atoms with Crippen LogP contribution in [-0.4, -0.2) is 35.5 Å². The third-order valence-corrected chi connectivity index (χ3v) is 1.77. The second-order valence-corrected chi connectivity index (χ2v) is 2.98. The van der Waals surface area contributed by atoms with Crippen LogP contribution in [0.2, 0.25) is 0 Å². The van der Waals surface area contributed by atoms with Gasteiger partial charge >= 0.3 is 12.1 Å². The zero-order valence-electron chi connectivity index (χ0n) is 8.64. The highest BCUT2D eigenvalue weighted by molar-refractivity contribution is 5.91. The maximum atomic E-state index is 13.2. The zero-order valence-corrected chi connectivity index (χ0v) is 8.64. The highest BCUT2D eigenvalue weighted by Gasteiger charge is 2.11. The number of carbonyl (C=O) groups is 2. The van der Waals surface area contributed by atoms with Crippen LogP contribution in [0.15, 0.2) is 18.2 Å². The molecule has 0 heterocycles. The van der Waals surface area contributed by atoms with Gasteiger partial charge < -0.3 is 14.9 Å². The van der Waals surface area contributed by atoms with Crippen LogP contribution >= 0.6 is 0 Å². The van der Waals surface area contributed by atoms with Gasteiger partial charge in [0.2, 0.25) is 0 Å². The normalized spacial score (nSPS) is 9.76. The van der Waals surface area contributed by atoms with Gasteiger partial charge in [0.05, 0.1) is 17.9 Å². The lowest BCUT2D eigenvalue weighted by Gasteiger charge is -2.07. The number of hydrogen-bond acceptors (Lipinski definition) is 4. The molecule has 0 aliphatic heterocycles. The Morgan fingerprint density at radius 3 is 2.71 bits per heavy atom. The molecule has 1 amide bonds. The van der Waals surface area contributed by atoms with Gasteiger partial charge in [-0.2, -0.15) is 0 Å². The van der Waals surface area contributed by atoms with Gasteiger partial charge in [0.15, 0.2) is 0 Å². The Morgan fingerprint density at radius 1 is 1.41 bits per heavy atom. The van der Waals surface area contributed by atoms with Gasteiger partial charge in [-0.05, 0) is 18.2 Å². The number of aromatic carboxylic acids is 1. The molecule has 0 atom stereocenters. The zero-order chi connectivity index (χ0) is 12.8. The van der Waals surface area contributed by atoms with Crippen LogP contribution in [0.3, 0.4) is 0 Å². The van der Waals surface area contributed by atoms with E-state index in [0.717, 1.165) is 18.2 Å². The van der Waals surface area contributed by atoms with Gasteiger partial charge in [0, 0.05) is 0 Å². The fourth-order valence-electron chi connectivity index (χ4n) is 1.04. The van der Waals surface area contributed by atoms with E-state index in [1.165, 1.54) is 0 Å². The fourth-order valence-corrected chi connectivity index (χ4v) is 1.04. The summed E-state index contributed by atoms with van der Waals surface area (Å²) in [7, 11) is 0. The number of anilines is 1. The van der Waals surface area contributed by atoms with E-state index in [4.69, 9.17) is 10.2 Å². The van der Waals surface area contributed by atoms with E-state index in [2.05, 4.69) is 4.74 Å². The number of aliphatic hydroxyl groups is 1. The van der Waals surface area contributed by atoms with Gasteiger partial charge in [-0.15, -0.1) is 0 Å². The molecule has 0 aliphatic rings. The Morgan fingerprint density at radius 2 is 2.12 bits per heavy atom. The monoisotopic (exact) mass is 243 g/mol. The second kappa shape index (κ2) is 5.80. The molecule has 3 N–H and O–H groups in total. The van der Waals surface area contributed by atoms with Crippen molar-refractivity contribution in [2.75, 3.05) is 18.5 Å². The molecule has 0 saturated carbocycles. The molecule has 0 spiro atoms. The number of ether oxygens (including phenoxy) is 1. The molecular formula is C10H10FNO5. The molecule has 0 fully saturated rings. The van der Waals surface area contributed by atoms with Crippen LogP contribution in [0.1, 0.15) is 10.4 Å². The molecule has 1 rings (SSSR count). The number of aliphatic hydroxyl groups excluding tert-OH is 1. The average Bonchev–Trinajstić information content (AvgIpc) is 2.29. The quantitative estimate of drug-likeness (QED) is 0.734. The summed E-state index contributed by atoms with van der Waals surface area (Å²) >= 11 is 0. The molecule has 0 radical (unpaired) electrons. The Bertz CT molecular complexity index is 435. The summed E-state index contributed by atoms with van der Waals surface area (Å²) in [6.45, 7) is -0.586. The molecule has 92 valence electrons. The van der Waals surface area contributed by atoms with Crippen LogP contribution in [0.4, 0.5) is 14.9 Å². The first kappa shape index (κ1) is 12.9. The van der Waals surface area contributed by atoms with Crippen LogP contribution < -0.4 is 5.32 Å². The maximum Gasteiger partial charge on any atom is 0.411 e. The summed E-state index contributed by atoms with van der Waals surface area (Å²) < 4.78 is 17.6. The van der Waals surface area contributed by atoms with Crippen LogP contribution in [-0.2, 0) is 4.74 Å². The van der Waals surface area contributed by atoms with E-state index >= 15 is 0 Å². The maximum absolute atomic E-state index is 13.2. The number of halogens is 1. The summed E-state index contributed by atoms with van der Waals surface area (Å²) in [5.41, 5.74) is -0.461. The SMILES string of the molecule is O=C(Nc1cc(C(=O)O)ccc1F)OCCO. The predicted molar refractivity (Wildman–Crippen MR) is 55.4 cm³/mol. The first-order chi connectivity index (χ1) is 8.04. The number of rotatable bonds is 4. The topological polar surface area (TPSA) is 95.9 Å². The van der Waals surface area contributed by atoms with E-state index in [9.17, 15) is 14.0 Å². The van der Waals surface area contributed by atoms with E-state index in [0.29, 0.717) is 0 Å². The predicted octanol–water partition coefficient (Wildman–Crippen LogP) is 1.06. The number of carboxylic acid groups (broad SMARTS) is 1. The molecule has 6 nitrogen and oxygen atoms in total. The van der Waals surface area contributed by atoms with Gasteiger partial charge in [0.25, 0.3) is 0 Å². The van der Waals surface area contributed by atoms with Crippen LogP contribution in [0.5, 0.6) is 0 Å². The molecule has 0 aromatic heterocycles. The number of nitrogens with one attached hydrogen (secondary N) is 1. The van der Waals surface area contributed by atoms with Crippen molar-refractivity contribution >= 4 is 17.7 Å². The summed E-state index contributed by atoms with van der Waals surface area (Å²) in [6.07, 6.45) is -0.972. The Labute approximate surface area is 95.6 Å². The molecule has 17 heavy (non-hydrogen) atoms. The lowest BCUT2D eigenvalue weighted by molar-refractivity contribution is 0.0696. The molecule has 0 unspecified atom stereocenters. The molecular weight excluding hydrogens is 233 g/mol. The van der Waals surface area contributed by atoms with Crippen LogP contribution in [0, 0.1) is 5.82 Å². The lowest BCUT2D eigenvalue weighted by atomic mass is 10.2. The van der Waals surface area contributed by atoms with E-state index in [1.54, 1.807) is 0 Å². The largest absolute Gasteiger partial charge is 0.478 e. The summed E-state index contributed by atoms with van der Waals surface area (Å²) in [6, 6.07) is 2.96. The third kappa shape index (κ3) is 3.72. The minimum atomic E-state index is -1.24. The molecule has 0 bridgehead atoms. The molecule has 0 saturated heterocycles. The van der Waals surface area contributed by atoms with E-state index in [1.807, 2.05) is 5.32 Å². The Balaban J connectivity index is 2.79. The van der Waals surface area contributed by atoms with Crippen molar-refractivity contribution in [3.05, 3.63) is 29.6 Å². The first-order valence-electron chi connectivity index (χ1n) is 4.62. The highest BCUT2D eigenvalue weighted by Crippen LogP contribution is 2.16. The smallest absolute Gasteiger partial charge is 0.411 e. The molecule has 1 aromatic rings. The third-order valence-electron chi connectivity index (χ3n) is 1.77. The minimum absolute atomic E-state index is 0.163. The molecule has 1 aromatic carbocycles. The van der Waals surface area contributed by atoms with Crippen molar-refractivity contribution in [3.63, 3.8) is 0 Å². The first-order valence-corrected chi connectivity index (χ1v) is 4.62. The van der Waals surface area contributed by atoms with Gasteiger partial charge in [0.1, 0.15) is 12.4 Å². The second-order valence-electron chi connectivity index (χ2n) is 2.98. The average molecular weight is 243 g/mol. The lowest BCUT2D eigenvalue weighted by Crippen LogP contribution is -2.17. The van der Waals surface area contributed by atoms with Crippen molar-refractivity contribution in [2.24, 2.45) is 0 Å². The number of carboxylic acids is 1. The number of benzene rings is 1. The van der Waals surface area contributed by atoms with Crippen molar-refractivity contribution in [1.82, 2.24) is 0 Å². The van der Waals surface area contributed by atoms with E-state index in [-0.39, 0.29) is 24.5 Å². The Hall–Kier alpha value is -2.15. The summed E-state index contributed by atoms with van der Waals surface area (Å²) in [5.74, 6) is -2.02. The van der Waals surface area contributed by atoms with Crippen molar-refractivity contribution in [2.45, 2.75) is 0 Å². The fraction of sp³-hybridized carbons (Fsp3) is 0.200. The van der Waals surface area contributed by atoms with Gasteiger partial charge in [-0.25, -0.2) is 14.0 Å². The number of amides is 1. The number of hydrogen-bond donors (Lipinski definition) is 3. The van der Waals surface area contributed by atoms with Crippen molar-refractivity contribution in [1.29, 1.82) is 0 Å². The summed E-state index contributed by atoms with van der Waals surface area (Å²) in [4.78, 5) is 21.7. The minimum Gasteiger partial charge on any atom is -0.478 e. The highest BCUT2D eigenvalue weighted by atomic mass is 19.1. The van der Waals surface area contributed by atoms with Gasteiger partial charge in [-0.3, -0.25) is 5.32 Å². The van der Waals surface area contributed by atoms with E-state index < -0.39 is 17.9 Å². The van der Waals surface area contributed by atoms with Crippen molar-refractivity contribution in [3.8, 4) is 0 Å². The Kier molecular flexibility index (Phi) is 4.41.